The molecular weight excluding hydrogens is 292 g/mol. The molecule has 6 heteroatoms. The fourth-order valence-corrected chi connectivity index (χ4v) is 3.20. The second-order valence-electron chi connectivity index (χ2n) is 6.28. The first kappa shape index (κ1) is 16.1. The number of urea groups is 1. The molecule has 1 saturated carbocycles. The van der Waals surface area contributed by atoms with Gasteiger partial charge >= 0.3 is 6.03 Å². The van der Waals surface area contributed by atoms with Crippen LogP contribution < -0.4 is 15.5 Å². The number of rotatable bonds is 4. The highest BCUT2D eigenvalue weighted by atomic mass is 16.5. The van der Waals surface area contributed by atoms with Crippen LogP contribution in [0.2, 0.25) is 0 Å². The third-order valence-electron chi connectivity index (χ3n) is 4.54. The van der Waals surface area contributed by atoms with Gasteiger partial charge in [-0.1, -0.05) is 19.3 Å². The van der Waals surface area contributed by atoms with Gasteiger partial charge in [-0.3, -0.25) is 0 Å². The van der Waals surface area contributed by atoms with Crippen molar-refractivity contribution in [1.82, 2.24) is 15.6 Å². The molecule has 2 amide bonds. The van der Waals surface area contributed by atoms with Crippen LogP contribution in [0.25, 0.3) is 0 Å². The van der Waals surface area contributed by atoms with Crippen LogP contribution in [0.1, 0.15) is 37.7 Å². The fourth-order valence-electron chi connectivity index (χ4n) is 3.20. The molecular formula is C17H26N4O2. The minimum absolute atomic E-state index is 0.0679. The van der Waals surface area contributed by atoms with Gasteiger partial charge in [0.2, 0.25) is 0 Å². The Morgan fingerprint density at radius 2 is 2.04 bits per heavy atom. The second-order valence-corrected chi connectivity index (χ2v) is 6.28. The molecule has 2 aliphatic rings. The van der Waals surface area contributed by atoms with E-state index in [1.807, 2.05) is 12.1 Å². The number of carbonyl (C=O) groups is 1. The average Bonchev–Trinajstić information content (AvgIpc) is 2.62. The van der Waals surface area contributed by atoms with E-state index < -0.39 is 0 Å². The third-order valence-corrected chi connectivity index (χ3v) is 4.54. The highest BCUT2D eigenvalue weighted by Gasteiger charge is 2.16. The van der Waals surface area contributed by atoms with Crippen molar-refractivity contribution < 1.29 is 9.53 Å². The number of nitrogens with zero attached hydrogens (tertiary/aromatic N) is 2. The maximum absolute atomic E-state index is 12.0. The highest BCUT2D eigenvalue weighted by molar-refractivity contribution is 5.74. The molecule has 1 saturated heterocycles. The number of amides is 2. The molecule has 1 aliphatic carbocycles. The lowest BCUT2D eigenvalue weighted by Crippen LogP contribution is -2.42. The Balaban J connectivity index is 1.48. The lowest BCUT2D eigenvalue weighted by atomic mass is 9.96. The summed E-state index contributed by atoms with van der Waals surface area (Å²) < 4.78 is 5.37. The Hall–Kier alpha value is -1.82. The van der Waals surface area contributed by atoms with Crippen molar-refractivity contribution in [2.24, 2.45) is 0 Å². The zero-order chi connectivity index (χ0) is 15.9. The summed E-state index contributed by atoms with van der Waals surface area (Å²) in [6, 6.07) is 4.27. The largest absolute Gasteiger partial charge is 0.378 e. The summed E-state index contributed by atoms with van der Waals surface area (Å²) in [6.07, 6.45) is 7.74. The summed E-state index contributed by atoms with van der Waals surface area (Å²) in [5.74, 6) is 0.959. The van der Waals surface area contributed by atoms with Crippen molar-refractivity contribution in [3.63, 3.8) is 0 Å². The van der Waals surface area contributed by atoms with Gasteiger partial charge in [0.1, 0.15) is 5.82 Å². The quantitative estimate of drug-likeness (QED) is 0.892. The lowest BCUT2D eigenvalue weighted by Gasteiger charge is -2.28. The van der Waals surface area contributed by atoms with Crippen LogP contribution in [0.4, 0.5) is 10.6 Å². The summed E-state index contributed by atoms with van der Waals surface area (Å²) in [6.45, 7) is 3.75. The van der Waals surface area contributed by atoms with Gasteiger partial charge in [-0.15, -0.1) is 0 Å². The van der Waals surface area contributed by atoms with Gasteiger partial charge in [-0.2, -0.15) is 0 Å². The molecule has 126 valence electrons. The zero-order valence-corrected chi connectivity index (χ0v) is 13.6. The predicted octanol–water partition coefficient (Wildman–Crippen LogP) is 2.05. The number of ether oxygens (including phenoxy) is 1. The molecule has 0 spiro atoms. The SMILES string of the molecule is O=C(NCc1ccnc(N2CCOCC2)c1)NC1CCCCC1. The minimum Gasteiger partial charge on any atom is -0.378 e. The van der Waals surface area contributed by atoms with Gasteiger partial charge in [-0.25, -0.2) is 9.78 Å². The average molecular weight is 318 g/mol. The van der Waals surface area contributed by atoms with Crippen LogP contribution in [0, 0.1) is 0 Å². The van der Waals surface area contributed by atoms with Gasteiger partial charge in [0, 0.05) is 31.9 Å². The van der Waals surface area contributed by atoms with Gasteiger partial charge < -0.3 is 20.3 Å². The number of hydrogen-bond donors (Lipinski definition) is 2. The standard InChI is InChI=1S/C17H26N4O2/c22-17(20-15-4-2-1-3-5-15)19-13-14-6-7-18-16(12-14)21-8-10-23-11-9-21/h6-7,12,15H,1-5,8-11,13H2,(H2,19,20,22). The van der Waals surface area contributed by atoms with Gasteiger partial charge in [0.25, 0.3) is 0 Å². The first-order chi connectivity index (χ1) is 11.3. The summed E-state index contributed by atoms with van der Waals surface area (Å²) >= 11 is 0. The number of nitrogens with one attached hydrogen (secondary N) is 2. The van der Waals surface area contributed by atoms with Gasteiger partial charge in [0.05, 0.1) is 13.2 Å². The molecule has 0 radical (unpaired) electrons. The number of pyridine rings is 1. The van der Waals surface area contributed by atoms with Crippen LogP contribution in [-0.4, -0.2) is 43.4 Å². The van der Waals surface area contributed by atoms with E-state index in [0.29, 0.717) is 12.6 Å². The van der Waals surface area contributed by atoms with E-state index >= 15 is 0 Å². The van der Waals surface area contributed by atoms with Crippen LogP contribution in [0.15, 0.2) is 18.3 Å². The molecule has 0 atom stereocenters. The monoisotopic (exact) mass is 318 g/mol. The van der Waals surface area contributed by atoms with Crippen molar-refractivity contribution in [2.45, 2.75) is 44.7 Å². The van der Waals surface area contributed by atoms with E-state index in [9.17, 15) is 4.79 Å². The van der Waals surface area contributed by atoms with Crippen molar-refractivity contribution >= 4 is 11.8 Å². The number of carbonyl (C=O) groups excluding carboxylic acids is 1. The summed E-state index contributed by atoms with van der Waals surface area (Å²) in [4.78, 5) is 18.6. The Bertz CT molecular complexity index is 511. The summed E-state index contributed by atoms with van der Waals surface area (Å²) in [5, 5.41) is 6.03. The lowest BCUT2D eigenvalue weighted by molar-refractivity contribution is 0.122. The Morgan fingerprint density at radius 3 is 2.83 bits per heavy atom. The van der Waals surface area contributed by atoms with Gasteiger partial charge in [-0.05, 0) is 30.5 Å². The Kier molecular flexibility index (Phi) is 5.69. The van der Waals surface area contributed by atoms with Crippen LogP contribution in [0.3, 0.4) is 0 Å². The predicted molar refractivity (Wildman–Crippen MR) is 89.5 cm³/mol. The molecule has 1 aromatic heterocycles. The van der Waals surface area contributed by atoms with Crippen molar-refractivity contribution in [2.75, 3.05) is 31.2 Å². The first-order valence-electron chi connectivity index (χ1n) is 8.63. The Morgan fingerprint density at radius 1 is 1.26 bits per heavy atom. The normalized spacial score (nSPS) is 19.4. The molecule has 0 aromatic carbocycles. The van der Waals surface area contributed by atoms with Crippen LogP contribution in [0.5, 0.6) is 0 Å². The number of aromatic nitrogens is 1. The maximum Gasteiger partial charge on any atom is 0.315 e. The molecule has 3 rings (SSSR count). The molecule has 23 heavy (non-hydrogen) atoms. The fraction of sp³-hybridized carbons (Fsp3) is 0.647. The van der Waals surface area contributed by atoms with E-state index in [4.69, 9.17) is 4.74 Å². The molecule has 2 N–H and O–H groups in total. The van der Waals surface area contributed by atoms with Crippen LogP contribution in [-0.2, 0) is 11.3 Å². The van der Waals surface area contributed by atoms with Crippen molar-refractivity contribution in [1.29, 1.82) is 0 Å². The minimum atomic E-state index is -0.0679. The maximum atomic E-state index is 12.0. The Labute approximate surface area is 137 Å². The molecule has 1 aliphatic heterocycles. The highest BCUT2D eigenvalue weighted by Crippen LogP contribution is 2.17. The smallest absolute Gasteiger partial charge is 0.315 e. The number of hydrogen-bond acceptors (Lipinski definition) is 4. The summed E-state index contributed by atoms with van der Waals surface area (Å²) in [7, 11) is 0. The number of morpholine rings is 1. The second kappa shape index (κ2) is 8.15. The van der Waals surface area contributed by atoms with Crippen molar-refractivity contribution in [3.05, 3.63) is 23.9 Å². The molecule has 1 aromatic rings. The molecule has 2 heterocycles. The van der Waals surface area contributed by atoms with E-state index in [0.717, 1.165) is 50.5 Å². The topological polar surface area (TPSA) is 66.5 Å². The van der Waals surface area contributed by atoms with E-state index in [1.54, 1.807) is 6.20 Å². The molecule has 2 fully saturated rings. The zero-order valence-electron chi connectivity index (χ0n) is 13.6. The number of anilines is 1. The van der Waals surface area contributed by atoms with Crippen molar-refractivity contribution in [3.8, 4) is 0 Å². The molecule has 6 nitrogen and oxygen atoms in total. The molecule has 0 bridgehead atoms. The first-order valence-corrected chi connectivity index (χ1v) is 8.63. The summed E-state index contributed by atoms with van der Waals surface area (Å²) in [5.41, 5.74) is 1.07. The molecule has 0 unspecified atom stereocenters. The van der Waals surface area contributed by atoms with Crippen LogP contribution >= 0.6 is 0 Å². The van der Waals surface area contributed by atoms with E-state index in [2.05, 4.69) is 20.5 Å². The van der Waals surface area contributed by atoms with Gasteiger partial charge in [0.15, 0.2) is 0 Å². The van der Waals surface area contributed by atoms with E-state index in [1.165, 1.54) is 19.3 Å². The van der Waals surface area contributed by atoms with E-state index in [-0.39, 0.29) is 6.03 Å². The third kappa shape index (κ3) is 4.82.